The van der Waals surface area contributed by atoms with Crippen LogP contribution >= 0.6 is 22.9 Å². The lowest BCUT2D eigenvalue weighted by Crippen LogP contribution is -2.21. The van der Waals surface area contributed by atoms with Gasteiger partial charge in [0.25, 0.3) is 5.91 Å². The molecule has 0 aliphatic carbocycles. The molecule has 2 heterocycles. The summed E-state index contributed by atoms with van der Waals surface area (Å²) in [6.07, 6.45) is 4.82. The minimum absolute atomic E-state index is 0.308. The molecule has 0 bridgehead atoms. The van der Waals surface area contributed by atoms with Crippen LogP contribution in [0.25, 0.3) is 11.0 Å². The highest BCUT2D eigenvalue weighted by Gasteiger charge is 2.08. The molecule has 0 aliphatic heterocycles. The van der Waals surface area contributed by atoms with Gasteiger partial charge in [-0.2, -0.15) is 0 Å². The van der Waals surface area contributed by atoms with E-state index < -0.39 is 0 Å². The highest BCUT2D eigenvalue weighted by Crippen LogP contribution is 2.22. The Hall–Kier alpha value is -2.15. The Morgan fingerprint density at radius 3 is 3.05 bits per heavy atom. The monoisotopic (exact) mass is 333 g/mol. The van der Waals surface area contributed by atoms with Gasteiger partial charge in [-0.3, -0.25) is 14.0 Å². The van der Waals surface area contributed by atoms with Gasteiger partial charge in [0.15, 0.2) is 10.1 Å². The Labute approximate surface area is 135 Å². The minimum atomic E-state index is -0.364. The maximum atomic E-state index is 11.7. The predicted octanol–water partition coefficient (Wildman–Crippen LogP) is 3.31. The van der Waals surface area contributed by atoms with E-state index in [0.717, 1.165) is 10.5 Å². The van der Waals surface area contributed by atoms with Gasteiger partial charge in [0.05, 0.1) is 12.3 Å². The highest BCUT2D eigenvalue weighted by molar-refractivity contribution is 7.15. The van der Waals surface area contributed by atoms with Crippen molar-refractivity contribution in [2.45, 2.75) is 6.61 Å². The molecule has 1 amide bonds. The lowest BCUT2D eigenvalue weighted by Gasteiger charge is -2.03. The fourth-order valence-electron chi connectivity index (χ4n) is 1.88. The molecule has 1 N–H and O–H groups in total. The summed E-state index contributed by atoms with van der Waals surface area (Å²) in [5.41, 5.74) is 4.00. The number of aromatic nitrogens is 2. The molecule has 0 atom stereocenters. The summed E-state index contributed by atoms with van der Waals surface area (Å²) in [4.78, 5) is 21.8. The second kappa shape index (κ2) is 6.74. The van der Waals surface area contributed by atoms with Gasteiger partial charge in [-0.25, -0.2) is 10.5 Å². The van der Waals surface area contributed by atoms with Crippen molar-refractivity contribution in [3.05, 3.63) is 64.4 Å². The van der Waals surface area contributed by atoms with Crippen LogP contribution in [0.1, 0.15) is 11.3 Å². The van der Waals surface area contributed by atoms with Crippen LogP contribution in [-0.2, 0) is 16.2 Å². The van der Waals surface area contributed by atoms with E-state index in [4.69, 9.17) is 16.4 Å². The van der Waals surface area contributed by atoms with Crippen LogP contribution < -0.4 is 5.48 Å². The maximum Gasteiger partial charge on any atom is 0.267 e. The number of nitrogens with one attached hydrogen (secondary N) is 1. The number of thiazole rings is 1. The van der Waals surface area contributed by atoms with Crippen molar-refractivity contribution >= 4 is 39.9 Å². The number of rotatable bonds is 5. The normalized spacial score (nSPS) is 11.3. The number of benzene rings is 1. The molecule has 112 valence electrons. The number of hydrogen-bond acceptors (Lipinski definition) is 4. The average Bonchev–Trinajstić information content (AvgIpc) is 3.07. The number of nitrogens with zero attached hydrogens (tertiary/aromatic N) is 2. The number of carbonyl (C=O) groups excluding carboxylic acids is 1. The van der Waals surface area contributed by atoms with E-state index in [-0.39, 0.29) is 5.91 Å². The summed E-state index contributed by atoms with van der Waals surface area (Å²) >= 11 is 7.51. The predicted molar refractivity (Wildman–Crippen MR) is 86.5 cm³/mol. The highest BCUT2D eigenvalue weighted by atomic mass is 35.5. The van der Waals surface area contributed by atoms with Crippen LogP contribution in [0.15, 0.2) is 48.0 Å². The largest absolute Gasteiger partial charge is 0.289 e. The van der Waals surface area contributed by atoms with E-state index in [0.29, 0.717) is 17.5 Å². The molecule has 5 nitrogen and oxygen atoms in total. The van der Waals surface area contributed by atoms with Gasteiger partial charge in [0.2, 0.25) is 0 Å². The van der Waals surface area contributed by atoms with Crippen molar-refractivity contribution in [3.8, 4) is 0 Å². The molecular weight excluding hydrogens is 322 g/mol. The molecule has 2 aromatic heterocycles. The zero-order valence-electron chi connectivity index (χ0n) is 11.4. The molecular formula is C15H12ClN3O2S. The van der Waals surface area contributed by atoms with E-state index >= 15 is 0 Å². The number of hydrogen-bond donors (Lipinski definition) is 1. The van der Waals surface area contributed by atoms with E-state index in [1.165, 1.54) is 17.4 Å². The third-order valence-corrected chi connectivity index (χ3v) is 3.94. The van der Waals surface area contributed by atoms with Gasteiger partial charge in [0.1, 0.15) is 0 Å². The van der Waals surface area contributed by atoms with E-state index in [2.05, 4.69) is 10.5 Å². The summed E-state index contributed by atoms with van der Waals surface area (Å²) in [7, 11) is 0. The van der Waals surface area contributed by atoms with Gasteiger partial charge >= 0.3 is 0 Å². The Bertz CT molecular complexity index is 811. The lowest BCUT2D eigenvalue weighted by atomic mass is 10.2. The first kappa shape index (κ1) is 14.8. The Kier molecular flexibility index (Phi) is 4.53. The third-order valence-electron chi connectivity index (χ3n) is 2.90. The van der Waals surface area contributed by atoms with Crippen LogP contribution in [0.4, 0.5) is 0 Å². The van der Waals surface area contributed by atoms with Crippen LogP contribution in [0, 0.1) is 0 Å². The molecule has 0 radical (unpaired) electrons. The SMILES string of the molecule is O=C(/C=C\c1c(Cl)nc2sccn12)NOCc1ccccc1. The Balaban J connectivity index is 1.57. The summed E-state index contributed by atoms with van der Waals surface area (Å²) in [6, 6.07) is 9.58. The fourth-order valence-corrected chi connectivity index (χ4v) is 2.88. The van der Waals surface area contributed by atoms with Gasteiger partial charge < -0.3 is 0 Å². The summed E-state index contributed by atoms with van der Waals surface area (Å²) in [5.74, 6) is -0.364. The van der Waals surface area contributed by atoms with E-state index in [1.54, 1.807) is 6.08 Å². The molecule has 1 aromatic carbocycles. The smallest absolute Gasteiger partial charge is 0.267 e. The van der Waals surface area contributed by atoms with Crippen LogP contribution in [0.5, 0.6) is 0 Å². The van der Waals surface area contributed by atoms with E-state index in [1.807, 2.05) is 46.3 Å². The quantitative estimate of drug-likeness (QED) is 0.575. The standard InChI is InChI=1S/C15H12ClN3O2S/c16-14-12(19-8-9-22-15(19)17-14)6-7-13(20)18-21-10-11-4-2-1-3-5-11/h1-9H,10H2,(H,18,20)/b7-6-. The van der Waals surface area contributed by atoms with Crippen molar-refractivity contribution in [1.29, 1.82) is 0 Å². The number of hydroxylamine groups is 1. The number of imidazole rings is 1. The van der Waals surface area contributed by atoms with Crippen molar-refractivity contribution in [1.82, 2.24) is 14.9 Å². The van der Waals surface area contributed by atoms with Crippen molar-refractivity contribution in [3.63, 3.8) is 0 Å². The maximum absolute atomic E-state index is 11.7. The molecule has 22 heavy (non-hydrogen) atoms. The van der Waals surface area contributed by atoms with Crippen molar-refractivity contribution in [2.24, 2.45) is 0 Å². The minimum Gasteiger partial charge on any atom is -0.289 e. The summed E-state index contributed by atoms with van der Waals surface area (Å²) in [6.45, 7) is 0.308. The van der Waals surface area contributed by atoms with Crippen LogP contribution in [0.3, 0.4) is 0 Å². The van der Waals surface area contributed by atoms with Gasteiger partial charge in [-0.05, 0) is 11.6 Å². The zero-order valence-corrected chi connectivity index (χ0v) is 13.0. The molecule has 0 saturated heterocycles. The average molecular weight is 334 g/mol. The molecule has 0 aliphatic rings. The molecule has 7 heteroatoms. The van der Waals surface area contributed by atoms with Crippen molar-refractivity contribution < 1.29 is 9.63 Å². The Morgan fingerprint density at radius 1 is 1.41 bits per heavy atom. The second-order valence-electron chi connectivity index (χ2n) is 4.42. The van der Waals surface area contributed by atoms with Crippen molar-refractivity contribution in [2.75, 3.05) is 0 Å². The lowest BCUT2D eigenvalue weighted by molar-refractivity contribution is -0.129. The first-order valence-corrected chi connectivity index (χ1v) is 7.74. The molecule has 0 spiro atoms. The van der Waals surface area contributed by atoms with Gasteiger partial charge in [0, 0.05) is 17.7 Å². The number of carbonyl (C=O) groups is 1. The fraction of sp³-hybridized carbons (Fsp3) is 0.0667. The summed E-state index contributed by atoms with van der Waals surface area (Å²) in [5, 5.41) is 2.26. The first-order chi connectivity index (χ1) is 10.7. The number of fused-ring (bicyclic) bond motifs is 1. The molecule has 0 fully saturated rings. The second-order valence-corrected chi connectivity index (χ2v) is 5.65. The third kappa shape index (κ3) is 3.36. The molecule has 3 aromatic rings. The molecule has 0 saturated carbocycles. The zero-order chi connectivity index (χ0) is 15.4. The van der Waals surface area contributed by atoms with Crippen LogP contribution in [0.2, 0.25) is 5.15 Å². The van der Waals surface area contributed by atoms with Gasteiger partial charge in [-0.15, -0.1) is 11.3 Å². The van der Waals surface area contributed by atoms with E-state index in [9.17, 15) is 4.79 Å². The molecule has 0 unspecified atom stereocenters. The number of amides is 1. The Morgan fingerprint density at radius 2 is 2.23 bits per heavy atom. The first-order valence-electron chi connectivity index (χ1n) is 6.49. The number of halogens is 1. The van der Waals surface area contributed by atoms with Gasteiger partial charge in [-0.1, -0.05) is 41.9 Å². The summed E-state index contributed by atoms with van der Waals surface area (Å²) < 4.78 is 1.82. The molecule has 3 rings (SSSR count). The van der Waals surface area contributed by atoms with Crippen LogP contribution in [-0.4, -0.2) is 15.3 Å². The topological polar surface area (TPSA) is 55.6 Å².